The number of nitrogens with zero attached hydrogens (tertiary/aromatic N) is 3. The Balaban J connectivity index is 1.81. The van der Waals surface area contributed by atoms with Gasteiger partial charge in [-0.1, -0.05) is 60.7 Å². The Labute approximate surface area is 179 Å². The highest BCUT2D eigenvalue weighted by atomic mass is 32.2. The summed E-state index contributed by atoms with van der Waals surface area (Å²) in [5.41, 5.74) is 0.615. The molecule has 0 radical (unpaired) electrons. The van der Waals surface area contributed by atoms with E-state index in [4.69, 9.17) is 4.42 Å². The lowest BCUT2D eigenvalue weighted by molar-refractivity contribution is -0.396. The standard InChI is InChI=1S/C21H13N3O6S/c25-19-16(23(26)27)11-15(12-17(19)24(28)29)31-21-22-18(13-7-3-1-4-8-13)20(30-21)14-9-5-2-6-10-14/h1-12,25H. The molecule has 154 valence electrons. The van der Waals surface area contributed by atoms with Gasteiger partial charge in [0.05, 0.1) is 9.85 Å². The molecule has 0 atom stereocenters. The molecule has 0 saturated heterocycles. The summed E-state index contributed by atoms with van der Waals surface area (Å²) in [5, 5.41) is 32.4. The molecule has 9 nitrogen and oxygen atoms in total. The van der Waals surface area contributed by atoms with Crippen molar-refractivity contribution < 1.29 is 19.4 Å². The molecule has 0 aliphatic carbocycles. The third-order valence-electron chi connectivity index (χ3n) is 4.33. The summed E-state index contributed by atoms with van der Waals surface area (Å²) in [6.07, 6.45) is 0. The average Bonchev–Trinajstić information content (AvgIpc) is 3.19. The molecule has 0 bridgehead atoms. The van der Waals surface area contributed by atoms with Gasteiger partial charge in [-0.15, -0.1) is 0 Å². The van der Waals surface area contributed by atoms with Crippen LogP contribution in [0, 0.1) is 20.2 Å². The molecular formula is C21H13N3O6S. The number of phenols is 1. The number of rotatable bonds is 6. The fraction of sp³-hybridized carbons (Fsp3) is 0. The van der Waals surface area contributed by atoms with Crippen molar-refractivity contribution in [3.05, 3.63) is 93.0 Å². The number of hydrogen-bond acceptors (Lipinski definition) is 8. The van der Waals surface area contributed by atoms with Gasteiger partial charge in [0.25, 0.3) is 11.0 Å². The van der Waals surface area contributed by atoms with Gasteiger partial charge >= 0.3 is 11.4 Å². The van der Waals surface area contributed by atoms with E-state index in [1.807, 2.05) is 60.7 Å². The van der Waals surface area contributed by atoms with Gasteiger partial charge < -0.3 is 9.52 Å². The number of nitro groups is 2. The molecule has 3 aromatic carbocycles. The van der Waals surface area contributed by atoms with Gasteiger partial charge in [-0.3, -0.25) is 20.2 Å². The van der Waals surface area contributed by atoms with Crippen LogP contribution < -0.4 is 0 Å². The molecule has 0 spiro atoms. The lowest BCUT2D eigenvalue weighted by Gasteiger charge is -2.01. The Morgan fingerprint density at radius 3 is 1.87 bits per heavy atom. The first-order chi connectivity index (χ1) is 14.9. The highest BCUT2D eigenvalue weighted by Crippen LogP contribution is 2.43. The van der Waals surface area contributed by atoms with Gasteiger partial charge in [0.2, 0.25) is 0 Å². The average molecular weight is 435 g/mol. The number of nitro benzene ring substituents is 2. The van der Waals surface area contributed by atoms with Crippen molar-refractivity contribution in [3.63, 3.8) is 0 Å². The predicted octanol–water partition coefficient (Wildman–Crippen LogP) is 5.68. The highest BCUT2D eigenvalue weighted by Gasteiger charge is 2.27. The van der Waals surface area contributed by atoms with Gasteiger partial charge in [0.15, 0.2) is 5.76 Å². The topological polar surface area (TPSA) is 133 Å². The van der Waals surface area contributed by atoms with Gasteiger partial charge in [-0.2, -0.15) is 0 Å². The van der Waals surface area contributed by atoms with Crippen LogP contribution in [-0.4, -0.2) is 19.9 Å². The Morgan fingerprint density at radius 2 is 1.35 bits per heavy atom. The second kappa shape index (κ2) is 8.28. The second-order valence-electron chi connectivity index (χ2n) is 6.32. The van der Waals surface area contributed by atoms with E-state index >= 15 is 0 Å². The van der Waals surface area contributed by atoms with E-state index in [0.717, 1.165) is 35.0 Å². The maximum Gasteiger partial charge on any atom is 0.319 e. The zero-order chi connectivity index (χ0) is 22.0. The molecule has 4 aromatic rings. The minimum absolute atomic E-state index is 0.136. The summed E-state index contributed by atoms with van der Waals surface area (Å²) in [5.74, 6) is -0.501. The molecule has 0 aliphatic heterocycles. The third kappa shape index (κ3) is 4.09. The molecule has 10 heteroatoms. The van der Waals surface area contributed by atoms with Crippen LogP contribution in [0.2, 0.25) is 0 Å². The molecule has 31 heavy (non-hydrogen) atoms. The van der Waals surface area contributed by atoms with E-state index in [1.54, 1.807) is 0 Å². The monoisotopic (exact) mass is 435 g/mol. The zero-order valence-corrected chi connectivity index (χ0v) is 16.5. The number of aromatic nitrogens is 1. The van der Waals surface area contributed by atoms with Crippen LogP contribution in [0.5, 0.6) is 5.75 Å². The quantitative estimate of drug-likeness (QED) is 0.302. The lowest BCUT2D eigenvalue weighted by atomic mass is 10.1. The van der Waals surface area contributed by atoms with Gasteiger partial charge in [0, 0.05) is 28.2 Å². The summed E-state index contributed by atoms with van der Waals surface area (Å²) >= 11 is 0.886. The van der Waals surface area contributed by atoms with Crippen molar-refractivity contribution in [2.75, 3.05) is 0 Å². The molecule has 1 heterocycles. The van der Waals surface area contributed by atoms with E-state index in [9.17, 15) is 25.3 Å². The summed E-state index contributed by atoms with van der Waals surface area (Å²) in [7, 11) is 0. The maximum absolute atomic E-state index is 11.2. The lowest BCUT2D eigenvalue weighted by Crippen LogP contribution is -1.95. The Morgan fingerprint density at radius 1 is 0.839 bits per heavy atom. The molecule has 4 rings (SSSR count). The molecule has 0 unspecified atom stereocenters. The minimum atomic E-state index is -0.998. The molecule has 1 N–H and O–H groups in total. The molecule has 0 fully saturated rings. The fourth-order valence-corrected chi connectivity index (χ4v) is 3.74. The van der Waals surface area contributed by atoms with Crippen LogP contribution in [0.3, 0.4) is 0 Å². The van der Waals surface area contributed by atoms with Crippen LogP contribution in [0.4, 0.5) is 11.4 Å². The Bertz CT molecular complexity index is 1180. The van der Waals surface area contributed by atoms with Crippen LogP contribution in [-0.2, 0) is 0 Å². The van der Waals surface area contributed by atoms with Crippen molar-refractivity contribution in [3.8, 4) is 28.3 Å². The molecular weight excluding hydrogens is 422 g/mol. The number of aromatic hydroxyl groups is 1. The summed E-state index contributed by atoms with van der Waals surface area (Å²) in [6.45, 7) is 0. The van der Waals surface area contributed by atoms with E-state index in [-0.39, 0.29) is 10.1 Å². The van der Waals surface area contributed by atoms with Crippen LogP contribution >= 0.6 is 11.8 Å². The second-order valence-corrected chi connectivity index (χ2v) is 7.34. The number of oxazole rings is 1. The largest absolute Gasteiger partial charge is 0.497 e. The number of hydrogen-bond donors (Lipinski definition) is 1. The molecule has 0 aliphatic rings. The van der Waals surface area contributed by atoms with E-state index < -0.39 is 27.0 Å². The zero-order valence-electron chi connectivity index (χ0n) is 15.7. The number of phenolic OH excluding ortho intramolecular Hbond substituents is 1. The van der Waals surface area contributed by atoms with Crippen LogP contribution in [0.25, 0.3) is 22.6 Å². The van der Waals surface area contributed by atoms with Gasteiger partial charge in [0.1, 0.15) is 5.69 Å². The van der Waals surface area contributed by atoms with E-state index in [1.165, 1.54) is 0 Å². The van der Waals surface area contributed by atoms with Crippen LogP contribution in [0.15, 0.2) is 87.3 Å². The highest BCUT2D eigenvalue weighted by molar-refractivity contribution is 7.99. The predicted molar refractivity (Wildman–Crippen MR) is 113 cm³/mol. The van der Waals surface area contributed by atoms with Crippen molar-refractivity contribution in [2.24, 2.45) is 0 Å². The summed E-state index contributed by atoms with van der Waals surface area (Å²) in [6, 6.07) is 20.7. The van der Waals surface area contributed by atoms with Crippen molar-refractivity contribution in [2.45, 2.75) is 10.1 Å². The van der Waals surface area contributed by atoms with Gasteiger partial charge in [-0.25, -0.2) is 4.98 Å². The smallest absolute Gasteiger partial charge is 0.319 e. The molecule has 1 aromatic heterocycles. The maximum atomic E-state index is 11.2. The minimum Gasteiger partial charge on any atom is -0.497 e. The third-order valence-corrected chi connectivity index (χ3v) is 5.15. The normalized spacial score (nSPS) is 10.7. The van der Waals surface area contributed by atoms with E-state index in [2.05, 4.69) is 4.98 Å². The molecule has 0 saturated carbocycles. The Hall–Kier alpha value is -4.18. The summed E-state index contributed by atoms with van der Waals surface area (Å²) < 4.78 is 5.94. The van der Waals surface area contributed by atoms with E-state index in [0.29, 0.717) is 11.5 Å². The van der Waals surface area contributed by atoms with Gasteiger partial charge in [-0.05, 0) is 11.8 Å². The van der Waals surface area contributed by atoms with Crippen LogP contribution in [0.1, 0.15) is 0 Å². The van der Waals surface area contributed by atoms with Crippen molar-refractivity contribution >= 4 is 23.1 Å². The first-order valence-corrected chi connectivity index (χ1v) is 9.71. The SMILES string of the molecule is O=[N+]([O-])c1cc(Sc2nc(-c3ccccc3)c(-c3ccccc3)o2)cc([N+](=O)[O-])c1O. The molecule has 0 amide bonds. The first-order valence-electron chi connectivity index (χ1n) is 8.89. The van der Waals surface area contributed by atoms with Crippen molar-refractivity contribution in [1.29, 1.82) is 0 Å². The first kappa shape index (κ1) is 20.1. The summed E-state index contributed by atoms with van der Waals surface area (Å²) in [4.78, 5) is 25.3. The fourth-order valence-electron chi connectivity index (χ4n) is 2.94. The Kier molecular flexibility index (Phi) is 5.37. The number of benzene rings is 3. The van der Waals surface area contributed by atoms with Crippen molar-refractivity contribution in [1.82, 2.24) is 4.98 Å².